The van der Waals surface area contributed by atoms with Crippen LogP contribution in [0.1, 0.15) is 86.5 Å². The van der Waals surface area contributed by atoms with E-state index in [0.717, 1.165) is 56.2 Å². The van der Waals surface area contributed by atoms with Gasteiger partial charge in [-0.05, 0) is 155 Å². The first kappa shape index (κ1) is 66.0. The Labute approximate surface area is 634 Å². The van der Waals surface area contributed by atoms with Crippen molar-refractivity contribution < 1.29 is 0 Å². The summed E-state index contributed by atoms with van der Waals surface area (Å²) >= 11 is 0. The largest absolute Gasteiger partial charge is 0.228 e. The van der Waals surface area contributed by atoms with Crippen LogP contribution in [0.15, 0.2) is 364 Å². The van der Waals surface area contributed by atoms with Crippen molar-refractivity contribution in [2.75, 3.05) is 0 Å². The molecule has 2 spiro atoms. The van der Waals surface area contributed by atoms with Gasteiger partial charge in [-0.1, -0.05) is 384 Å². The predicted octanol–water partition coefficient (Wildman–Crippen LogP) is 27.4. The van der Waals surface area contributed by atoms with E-state index in [9.17, 15) is 0 Å². The van der Waals surface area contributed by atoms with E-state index in [-0.39, 0.29) is 10.8 Å². The maximum atomic E-state index is 5.13. The van der Waals surface area contributed by atoms with E-state index in [0.29, 0.717) is 11.6 Å². The maximum Gasteiger partial charge on any atom is 0.160 e. The summed E-state index contributed by atoms with van der Waals surface area (Å²) in [6.45, 7) is 0. The van der Waals surface area contributed by atoms with E-state index < -0.39 is 0 Å². The highest BCUT2D eigenvalue weighted by atomic mass is 14.9. The fraction of sp³-hybridized carbons (Fsp3) is 0.115. The summed E-state index contributed by atoms with van der Waals surface area (Å²) in [6.07, 6.45) is 12.9. The average Bonchev–Trinajstić information content (AvgIpc) is 1.56. The van der Waals surface area contributed by atoms with Crippen LogP contribution in [0.5, 0.6) is 0 Å². The molecule has 0 N–H and O–H groups in total. The number of hydrogen-bond acceptors (Lipinski definition) is 4. The van der Waals surface area contributed by atoms with Gasteiger partial charge in [0, 0.05) is 44.2 Å². The standard InChI is InChI=1S/2C52H40N2/c1-4-14-36(15-5-1)37-24-28-40(29-25-37)49-35-48(39-16-6-2-7-17-39)53-51(54-49)41-30-26-38(27-31-41)42-18-12-19-43(34-42)44-21-13-23-47-50(44)45-20-8-9-22-46(45)52(47)32-10-3-11-33-52;1-4-13-36(14-5-1)37-23-29-42(30-24-37)49-35-48(41-15-6-2-7-16-41)53-51(54-49)43-31-25-39(26-32-43)38-21-27-40(28-22-38)44-18-12-20-47-50(44)45-17-8-9-19-46(45)52(47)33-10-3-11-34-52/h1-2,4-9,12-31,34-35H,3,10-11,32-33H2;1-2,4-9,12-32,35H,3,10-11,33-34H2. The molecule has 4 aliphatic carbocycles. The molecule has 0 radical (unpaired) electrons. The van der Waals surface area contributed by atoms with Gasteiger partial charge in [-0.3, -0.25) is 0 Å². The van der Waals surface area contributed by atoms with Crippen LogP contribution in [0, 0.1) is 0 Å². The van der Waals surface area contributed by atoms with Gasteiger partial charge in [0.15, 0.2) is 11.6 Å². The Morgan fingerprint density at radius 3 is 0.806 bits per heavy atom. The zero-order valence-corrected chi connectivity index (χ0v) is 60.5. The number of aromatic nitrogens is 4. The molecule has 0 bridgehead atoms. The SMILES string of the molecule is c1ccc(-c2ccc(-c3cc(-c4ccccc4)nc(-c4ccc(-c5ccc(-c6cccc7c6-c6ccccc6C76CCCCC6)cc5)cc4)n3)cc2)cc1.c1ccc(-c2ccc(-c3cc(-c4ccccc4)nc(-c4ccc(-c5cccc(-c6cccc7c6-c6ccccc6C76CCCCC6)c5)cc4)n3)cc2)cc1. The molecule has 4 aliphatic rings. The second kappa shape index (κ2) is 28.6. The van der Waals surface area contributed by atoms with Crippen molar-refractivity contribution in [3.8, 4) is 157 Å². The Morgan fingerprint density at radius 1 is 0.167 bits per heavy atom. The lowest BCUT2D eigenvalue weighted by molar-refractivity contribution is 0.353. The zero-order chi connectivity index (χ0) is 71.8. The van der Waals surface area contributed by atoms with E-state index >= 15 is 0 Å². The number of rotatable bonds is 12. The van der Waals surface area contributed by atoms with Gasteiger partial charge in [-0.2, -0.15) is 0 Å². The molecule has 16 aromatic rings. The molecule has 2 aromatic heterocycles. The van der Waals surface area contributed by atoms with Crippen LogP contribution < -0.4 is 0 Å². The van der Waals surface area contributed by atoms with Crippen LogP contribution >= 0.6 is 0 Å². The minimum absolute atomic E-state index is 0.152. The van der Waals surface area contributed by atoms with Gasteiger partial charge >= 0.3 is 0 Å². The molecule has 2 saturated carbocycles. The van der Waals surface area contributed by atoms with Crippen molar-refractivity contribution >= 4 is 0 Å². The molecule has 4 heteroatoms. The molecule has 0 atom stereocenters. The van der Waals surface area contributed by atoms with E-state index in [1.54, 1.807) is 0 Å². The fourth-order valence-electron chi connectivity index (χ4n) is 18.1. The Balaban J connectivity index is 0.000000147. The average molecular weight is 1390 g/mol. The summed E-state index contributed by atoms with van der Waals surface area (Å²) in [7, 11) is 0. The number of benzene rings is 14. The second-order valence-corrected chi connectivity index (χ2v) is 29.7. The van der Waals surface area contributed by atoms with Crippen molar-refractivity contribution in [2.45, 2.75) is 75.0 Å². The van der Waals surface area contributed by atoms with Crippen molar-refractivity contribution in [1.29, 1.82) is 0 Å². The lowest BCUT2D eigenvalue weighted by Gasteiger charge is -2.36. The number of fused-ring (bicyclic) bond motifs is 10. The van der Waals surface area contributed by atoms with Gasteiger partial charge < -0.3 is 0 Å². The Bertz CT molecular complexity index is 5920. The molecule has 108 heavy (non-hydrogen) atoms. The first-order valence-electron chi connectivity index (χ1n) is 38.6. The van der Waals surface area contributed by atoms with Gasteiger partial charge in [-0.15, -0.1) is 0 Å². The predicted molar refractivity (Wildman–Crippen MR) is 448 cm³/mol. The van der Waals surface area contributed by atoms with Gasteiger partial charge in [0.25, 0.3) is 0 Å². The molecule has 0 aliphatic heterocycles. The molecule has 20 rings (SSSR count). The number of hydrogen-bond donors (Lipinski definition) is 0. The quantitative estimate of drug-likeness (QED) is 0.122. The minimum Gasteiger partial charge on any atom is -0.228 e. The molecule has 516 valence electrons. The smallest absolute Gasteiger partial charge is 0.160 e. The van der Waals surface area contributed by atoms with Gasteiger partial charge in [0.1, 0.15) is 0 Å². The molecular weight excluding hydrogens is 1310 g/mol. The van der Waals surface area contributed by atoms with Crippen molar-refractivity contribution in [3.63, 3.8) is 0 Å². The van der Waals surface area contributed by atoms with E-state index in [4.69, 9.17) is 19.9 Å². The Morgan fingerprint density at radius 2 is 0.417 bits per heavy atom. The van der Waals surface area contributed by atoms with Crippen LogP contribution in [0.3, 0.4) is 0 Å². The summed E-state index contributed by atoms with van der Waals surface area (Å²) in [6, 6.07) is 131. The number of nitrogens with zero attached hydrogens (tertiary/aromatic N) is 4. The molecule has 2 heterocycles. The van der Waals surface area contributed by atoms with Crippen LogP contribution in [0.25, 0.3) is 157 Å². The summed E-state index contributed by atoms with van der Waals surface area (Å²) in [5, 5.41) is 0. The van der Waals surface area contributed by atoms with E-state index in [1.165, 1.54) is 175 Å². The van der Waals surface area contributed by atoms with E-state index in [1.807, 2.05) is 18.2 Å². The molecule has 2 fully saturated rings. The Kier molecular flexibility index (Phi) is 17.5. The topological polar surface area (TPSA) is 51.6 Å². The van der Waals surface area contributed by atoms with Gasteiger partial charge in [-0.25, -0.2) is 19.9 Å². The third kappa shape index (κ3) is 12.4. The third-order valence-corrected chi connectivity index (χ3v) is 23.5. The van der Waals surface area contributed by atoms with Crippen molar-refractivity contribution in [3.05, 3.63) is 386 Å². The third-order valence-electron chi connectivity index (χ3n) is 23.5. The van der Waals surface area contributed by atoms with Crippen LogP contribution in [0.4, 0.5) is 0 Å². The van der Waals surface area contributed by atoms with Crippen LogP contribution in [-0.2, 0) is 10.8 Å². The van der Waals surface area contributed by atoms with Crippen molar-refractivity contribution in [1.82, 2.24) is 19.9 Å². The Hall–Kier alpha value is -12.8. The van der Waals surface area contributed by atoms with Gasteiger partial charge in [0.05, 0.1) is 22.8 Å². The zero-order valence-electron chi connectivity index (χ0n) is 60.5. The molecular formula is C104H80N4. The highest BCUT2D eigenvalue weighted by Gasteiger charge is 2.46. The highest BCUT2D eigenvalue weighted by molar-refractivity contribution is 5.95. The fourth-order valence-corrected chi connectivity index (χ4v) is 18.1. The van der Waals surface area contributed by atoms with Gasteiger partial charge in [0.2, 0.25) is 0 Å². The lowest BCUT2D eigenvalue weighted by Crippen LogP contribution is -2.27. The molecule has 0 amide bonds. The summed E-state index contributed by atoms with van der Waals surface area (Å²) in [5.74, 6) is 1.43. The second-order valence-electron chi connectivity index (χ2n) is 29.7. The molecule has 0 unspecified atom stereocenters. The minimum atomic E-state index is 0.152. The maximum absolute atomic E-state index is 5.13. The van der Waals surface area contributed by atoms with Crippen LogP contribution in [0.2, 0.25) is 0 Å². The van der Waals surface area contributed by atoms with E-state index in [2.05, 4.69) is 346 Å². The summed E-state index contributed by atoms with van der Waals surface area (Å²) < 4.78 is 0. The normalized spacial score (nSPS) is 14.1. The lowest BCUT2D eigenvalue weighted by atomic mass is 9.68. The van der Waals surface area contributed by atoms with Crippen LogP contribution in [-0.4, -0.2) is 19.9 Å². The first-order valence-corrected chi connectivity index (χ1v) is 38.6. The molecule has 0 saturated heterocycles. The highest BCUT2D eigenvalue weighted by Crippen LogP contribution is 2.60. The monoisotopic (exact) mass is 1380 g/mol. The molecule has 4 nitrogen and oxygen atoms in total. The summed E-state index contributed by atoms with van der Waals surface area (Å²) in [4.78, 5) is 20.4. The first-order chi connectivity index (χ1) is 53.5. The molecule has 14 aromatic carbocycles. The van der Waals surface area contributed by atoms with Crippen molar-refractivity contribution in [2.24, 2.45) is 0 Å². The summed E-state index contributed by atoms with van der Waals surface area (Å²) in [5.41, 5.74) is 36.8.